The number of carbonyl (C=O) groups is 1. The first-order chi connectivity index (χ1) is 17.4. The number of quaternary nitrogens is 1. The zero-order valence-electron chi connectivity index (χ0n) is 20.4. The van der Waals surface area contributed by atoms with Gasteiger partial charge in [-0.2, -0.15) is 4.39 Å². The van der Waals surface area contributed by atoms with Gasteiger partial charge in [-0.3, -0.25) is 23.4 Å². The number of H-pyrrole nitrogens is 1. The second-order valence-corrected chi connectivity index (χ2v) is 11.2. The molecule has 0 aliphatic carbocycles. The van der Waals surface area contributed by atoms with Gasteiger partial charge in [-0.25, -0.2) is 14.2 Å². The van der Waals surface area contributed by atoms with E-state index >= 15 is 0 Å². The predicted molar refractivity (Wildman–Crippen MR) is 127 cm³/mol. The Morgan fingerprint density at radius 2 is 1.92 bits per heavy atom. The third kappa shape index (κ3) is 7.01. The fraction of sp³-hybridized carbons (Fsp3) is 0.522. The van der Waals surface area contributed by atoms with Crippen LogP contribution in [0.4, 0.5) is 4.39 Å². The molecule has 37 heavy (non-hydrogen) atoms. The molecule has 1 aromatic carbocycles. The number of hydrogen-bond acceptors (Lipinski definition) is 8. The van der Waals surface area contributed by atoms with Gasteiger partial charge in [0.1, 0.15) is 18.4 Å². The lowest BCUT2D eigenvalue weighted by molar-refractivity contribution is -0.896. The second kappa shape index (κ2) is 11.0. The number of hydrogen-bond donors (Lipinski definition) is 2. The monoisotopic (exact) mass is 542 g/mol. The van der Waals surface area contributed by atoms with Gasteiger partial charge >= 0.3 is 19.5 Å². The minimum Gasteiger partial charge on any atom is -0.456 e. The van der Waals surface area contributed by atoms with E-state index in [4.69, 9.17) is 18.5 Å². The highest BCUT2D eigenvalue weighted by molar-refractivity contribution is 7.47. The van der Waals surface area contributed by atoms with E-state index in [-0.39, 0.29) is 12.0 Å². The van der Waals surface area contributed by atoms with Crippen LogP contribution < -0.4 is 11.2 Å². The molecule has 1 unspecified atom stereocenters. The highest BCUT2D eigenvalue weighted by Crippen LogP contribution is 2.47. The number of carbonyl (C=O) groups excluding carboxylic acids is 1. The van der Waals surface area contributed by atoms with Crippen LogP contribution in [0.2, 0.25) is 0 Å². The number of aromatic nitrogens is 2. The Hall–Kier alpha value is -2.67. The Bertz CT molecular complexity index is 1270. The summed E-state index contributed by atoms with van der Waals surface area (Å²) in [5, 5.41) is 0. The van der Waals surface area contributed by atoms with Crippen molar-refractivity contribution in [2.45, 2.75) is 43.8 Å². The van der Waals surface area contributed by atoms with E-state index in [0.717, 1.165) is 22.1 Å². The summed E-state index contributed by atoms with van der Waals surface area (Å²) in [4.78, 5) is 48.4. The van der Waals surface area contributed by atoms with E-state index in [0.29, 0.717) is 19.0 Å². The molecule has 2 N–H and O–H groups in total. The van der Waals surface area contributed by atoms with Crippen LogP contribution in [0.3, 0.4) is 0 Å². The lowest BCUT2D eigenvalue weighted by Crippen LogP contribution is -2.47. The molecular formula is C23H30FN3O9P+. The third-order valence-electron chi connectivity index (χ3n) is 6.48. The van der Waals surface area contributed by atoms with E-state index in [9.17, 15) is 28.2 Å². The first-order valence-corrected chi connectivity index (χ1v) is 13.3. The number of esters is 1. The molecule has 202 valence electrons. The van der Waals surface area contributed by atoms with Crippen LogP contribution in [-0.2, 0) is 23.1 Å². The van der Waals surface area contributed by atoms with Crippen molar-refractivity contribution in [3.05, 3.63) is 68.7 Å². The second-order valence-electron chi connectivity index (χ2n) is 9.77. The van der Waals surface area contributed by atoms with Crippen molar-refractivity contribution in [1.82, 2.24) is 9.55 Å². The van der Waals surface area contributed by atoms with Gasteiger partial charge in [0.05, 0.1) is 51.7 Å². The minimum atomic E-state index is -4.49. The number of ether oxygens (including phenoxy) is 2. The van der Waals surface area contributed by atoms with Gasteiger partial charge in [0.25, 0.3) is 5.56 Å². The summed E-state index contributed by atoms with van der Waals surface area (Å²) in [6.07, 6.45) is -1.95. The van der Waals surface area contributed by atoms with Gasteiger partial charge in [0, 0.05) is 19.3 Å². The molecule has 2 aromatic rings. The van der Waals surface area contributed by atoms with Gasteiger partial charge in [-0.05, 0) is 12.1 Å². The quantitative estimate of drug-likeness (QED) is 0.288. The van der Waals surface area contributed by atoms with Crippen molar-refractivity contribution in [3.8, 4) is 0 Å². The van der Waals surface area contributed by atoms with Crippen molar-refractivity contribution in [3.63, 3.8) is 0 Å². The summed E-state index contributed by atoms with van der Waals surface area (Å²) in [6.45, 7) is 1.05. The van der Waals surface area contributed by atoms with Crippen LogP contribution in [0, 0.1) is 5.82 Å². The SMILES string of the molecule is C[N+]1(C)CCC(OP(=O)(O)OC[C@H]2O[C@@H](n3cc(F)c(=O)[nH]c3=O)C[C@@H]2OC(=O)c2ccccc2)CC1. The zero-order valence-corrected chi connectivity index (χ0v) is 21.3. The number of benzene rings is 1. The molecule has 0 saturated carbocycles. The summed E-state index contributed by atoms with van der Waals surface area (Å²) < 4.78 is 50.0. The average molecular weight is 542 g/mol. The molecule has 4 atom stereocenters. The van der Waals surface area contributed by atoms with Gasteiger partial charge in [-0.15, -0.1) is 0 Å². The van der Waals surface area contributed by atoms with Crippen LogP contribution in [0.15, 0.2) is 46.1 Å². The fourth-order valence-electron chi connectivity index (χ4n) is 4.33. The number of piperidine rings is 1. The molecule has 0 bridgehead atoms. The van der Waals surface area contributed by atoms with Crippen molar-refractivity contribution >= 4 is 13.8 Å². The lowest BCUT2D eigenvalue weighted by atomic mass is 10.1. The van der Waals surface area contributed by atoms with Crippen molar-refractivity contribution in [1.29, 1.82) is 0 Å². The summed E-state index contributed by atoms with van der Waals surface area (Å²) in [5.74, 6) is -1.89. The zero-order chi connectivity index (χ0) is 26.8. The molecule has 0 spiro atoms. The van der Waals surface area contributed by atoms with Crippen molar-refractivity contribution < 1.29 is 41.6 Å². The summed E-state index contributed by atoms with van der Waals surface area (Å²) in [7, 11) is -0.363. The Balaban J connectivity index is 1.46. The first-order valence-electron chi connectivity index (χ1n) is 11.8. The van der Waals surface area contributed by atoms with E-state index in [2.05, 4.69) is 14.1 Å². The number of halogens is 1. The number of phosphoric ester groups is 1. The molecular weight excluding hydrogens is 512 g/mol. The molecule has 2 aliphatic heterocycles. The number of phosphoric acid groups is 1. The number of nitrogens with zero attached hydrogens (tertiary/aromatic N) is 2. The molecule has 2 fully saturated rings. The van der Waals surface area contributed by atoms with Gasteiger partial charge in [0.15, 0.2) is 0 Å². The lowest BCUT2D eigenvalue weighted by Gasteiger charge is -2.37. The van der Waals surface area contributed by atoms with Crippen molar-refractivity contribution in [2.24, 2.45) is 0 Å². The molecule has 0 amide bonds. The van der Waals surface area contributed by atoms with Crippen LogP contribution in [0.5, 0.6) is 0 Å². The Morgan fingerprint density at radius 3 is 2.59 bits per heavy atom. The third-order valence-corrected chi connectivity index (χ3v) is 7.52. The van der Waals surface area contributed by atoms with E-state index in [1.54, 1.807) is 30.3 Å². The van der Waals surface area contributed by atoms with E-state index in [1.165, 1.54) is 0 Å². The highest BCUT2D eigenvalue weighted by atomic mass is 31.2. The molecule has 12 nitrogen and oxygen atoms in total. The molecule has 4 rings (SSSR count). The number of likely N-dealkylation sites (tertiary alicyclic amines) is 1. The standard InChI is InChI=1S/C23H29FN3O9P/c1-27(2)10-8-16(9-11-27)36-37(31,32)33-14-19-18(35-22(29)15-6-4-3-5-7-15)12-20(34-19)26-13-17(24)21(28)25-23(26)30/h3-7,13,16,18-20H,8-12,14H2,1-2H3,(H-,25,28,30,31,32)/p+1/t18-,19+,20+/m0/s1. The Morgan fingerprint density at radius 1 is 1.24 bits per heavy atom. The number of aromatic amines is 1. The number of nitrogens with one attached hydrogen (secondary N) is 1. The van der Waals surface area contributed by atoms with Gasteiger partial charge in [-0.1, -0.05) is 18.2 Å². The molecule has 3 heterocycles. The van der Waals surface area contributed by atoms with Crippen LogP contribution >= 0.6 is 7.82 Å². The molecule has 0 radical (unpaired) electrons. The highest BCUT2D eigenvalue weighted by Gasteiger charge is 2.42. The van der Waals surface area contributed by atoms with Crippen LogP contribution in [0.1, 0.15) is 35.8 Å². The molecule has 14 heteroatoms. The number of rotatable bonds is 8. The Labute approximate surface area is 211 Å². The van der Waals surface area contributed by atoms with E-state index < -0.39 is 62.0 Å². The predicted octanol–water partition coefficient (Wildman–Crippen LogP) is 1.56. The fourth-order valence-corrected chi connectivity index (χ4v) is 5.32. The molecule has 2 saturated heterocycles. The maximum absolute atomic E-state index is 13.9. The minimum absolute atomic E-state index is 0.107. The van der Waals surface area contributed by atoms with Crippen molar-refractivity contribution in [2.75, 3.05) is 33.8 Å². The maximum Gasteiger partial charge on any atom is 0.472 e. The molecule has 2 aliphatic rings. The topological polar surface area (TPSA) is 146 Å². The first kappa shape index (κ1) is 27.4. The van der Waals surface area contributed by atoms with E-state index in [1.807, 2.05) is 4.98 Å². The average Bonchev–Trinajstić information content (AvgIpc) is 3.24. The van der Waals surface area contributed by atoms with Gasteiger partial charge in [0.2, 0.25) is 5.82 Å². The van der Waals surface area contributed by atoms with Crippen LogP contribution in [-0.4, -0.2) is 77.0 Å². The van der Waals surface area contributed by atoms with Crippen LogP contribution in [0.25, 0.3) is 0 Å². The summed E-state index contributed by atoms with van der Waals surface area (Å²) in [6, 6.07) is 8.12. The normalized spacial score (nSPS) is 25.5. The summed E-state index contributed by atoms with van der Waals surface area (Å²) in [5.41, 5.74) is -1.86. The van der Waals surface area contributed by atoms with Gasteiger partial charge < -0.3 is 18.9 Å². The molecule has 1 aromatic heterocycles. The largest absolute Gasteiger partial charge is 0.472 e. The Kier molecular flexibility index (Phi) is 8.12. The summed E-state index contributed by atoms with van der Waals surface area (Å²) >= 11 is 0. The smallest absolute Gasteiger partial charge is 0.456 e. The maximum atomic E-state index is 13.9.